The maximum atomic E-state index is 11.9. The van der Waals surface area contributed by atoms with Crippen molar-refractivity contribution in [3.63, 3.8) is 0 Å². The van der Waals surface area contributed by atoms with E-state index in [0.29, 0.717) is 12.5 Å². The third-order valence-corrected chi connectivity index (χ3v) is 4.86. The summed E-state index contributed by atoms with van der Waals surface area (Å²) in [5.74, 6) is 0.609. The van der Waals surface area contributed by atoms with E-state index in [9.17, 15) is 4.79 Å². The summed E-state index contributed by atoms with van der Waals surface area (Å²) in [6.45, 7) is 2.84. The number of rotatable bonds is 1. The van der Waals surface area contributed by atoms with Crippen molar-refractivity contribution in [3.8, 4) is 0 Å². The molecule has 3 nitrogen and oxygen atoms in total. The molecule has 0 N–H and O–H groups in total. The second-order valence-corrected chi connectivity index (χ2v) is 5.49. The fraction of sp³-hybridized carbons (Fsp3) is 0.500. The Morgan fingerprint density at radius 2 is 2.06 bits per heavy atom. The van der Waals surface area contributed by atoms with Gasteiger partial charge in [-0.2, -0.15) is 0 Å². The lowest BCUT2D eigenvalue weighted by Gasteiger charge is -2.50. The van der Waals surface area contributed by atoms with Gasteiger partial charge in [0.15, 0.2) is 0 Å². The van der Waals surface area contributed by atoms with Gasteiger partial charge in [0.1, 0.15) is 0 Å². The van der Waals surface area contributed by atoms with Crippen molar-refractivity contribution in [1.29, 1.82) is 0 Å². The summed E-state index contributed by atoms with van der Waals surface area (Å²) in [5.41, 5.74) is 1.15. The van der Waals surface area contributed by atoms with Crippen molar-refractivity contribution in [2.75, 3.05) is 6.61 Å². The first-order valence-electron chi connectivity index (χ1n) is 6.10. The van der Waals surface area contributed by atoms with E-state index < -0.39 is 0 Å². The van der Waals surface area contributed by atoms with E-state index in [4.69, 9.17) is 9.47 Å². The highest BCUT2D eigenvalue weighted by atomic mass is 16.7. The minimum atomic E-state index is -0.301. The molecule has 2 saturated heterocycles. The van der Waals surface area contributed by atoms with Crippen LogP contribution in [0.5, 0.6) is 0 Å². The van der Waals surface area contributed by atoms with Gasteiger partial charge in [0, 0.05) is 17.3 Å². The Morgan fingerprint density at radius 3 is 2.82 bits per heavy atom. The van der Waals surface area contributed by atoms with Gasteiger partial charge in [-0.05, 0) is 5.56 Å². The fourth-order valence-corrected chi connectivity index (χ4v) is 3.93. The summed E-state index contributed by atoms with van der Waals surface area (Å²) < 4.78 is 10.9. The molecular formula is C14H14O3. The van der Waals surface area contributed by atoms with Gasteiger partial charge in [0.2, 0.25) is 6.29 Å². The van der Waals surface area contributed by atoms with Crippen LogP contribution < -0.4 is 0 Å². The van der Waals surface area contributed by atoms with E-state index in [-0.39, 0.29) is 29.5 Å². The molecule has 1 unspecified atom stereocenters. The highest BCUT2D eigenvalue weighted by Gasteiger charge is 2.74. The standard InChI is InChI=1S/C14H14O3/c1-14-9-7-16-13(14)17-12(15)11(14)10(9)8-5-3-2-4-6-8/h2-6,9-11,13H,7H2,1H3/t9-,10-,11?,13+,14-/m0/s1. The van der Waals surface area contributed by atoms with Gasteiger partial charge in [-0.25, -0.2) is 0 Å². The summed E-state index contributed by atoms with van der Waals surface area (Å²) in [6.07, 6.45) is -0.301. The highest BCUT2D eigenvalue weighted by Crippen LogP contribution is 2.69. The molecule has 1 aromatic rings. The van der Waals surface area contributed by atoms with Crippen LogP contribution in [0, 0.1) is 17.3 Å². The van der Waals surface area contributed by atoms with Gasteiger partial charge in [-0.3, -0.25) is 4.79 Å². The molecule has 3 aliphatic rings. The van der Waals surface area contributed by atoms with Gasteiger partial charge in [-0.15, -0.1) is 0 Å². The molecule has 1 aliphatic carbocycles. The van der Waals surface area contributed by atoms with Crippen molar-refractivity contribution < 1.29 is 14.3 Å². The molecule has 0 bridgehead atoms. The molecule has 88 valence electrons. The van der Waals surface area contributed by atoms with E-state index in [1.165, 1.54) is 5.56 Å². The van der Waals surface area contributed by atoms with E-state index in [1.54, 1.807) is 0 Å². The van der Waals surface area contributed by atoms with E-state index >= 15 is 0 Å². The minimum absolute atomic E-state index is 0.0117. The zero-order valence-electron chi connectivity index (χ0n) is 9.63. The zero-order chi connectivity index (χ0) is 11.6. The topological polar surface area (TPSA) is 35.5 Å². The lowest BCUT2D eigenvalue weighted by molar-refractivity contribution is -0.162. The quantitative estimate of drug-likeness (QED) is 0.692. The molecule has 0 aromatic heterocycles. The molecule has 3 fully saturated rings. The Bertz CT molecular complexity index is 484. The van der Waals surface area contributed by atoms with Crippen LogP contribution in [0.1, 0.15) is 18.4 Å². The third kappa shape index (κ3) is 0.951. The van der Waals surface area contributed by atoms with Crippen LogP contribution in [0.4, 0.5) is 0 Å². The van der Waals surface area contributed by atoms with Crippen LogP contribution in [0.25, 0.3) is 0 Å². The molecule has 1 saturated carbocycles. The van der Waals surface area contributed by atoms with Crippen molar-refractivity contribution in [3.05, 3.63) is 35.9 Å². The van der Waals surface area contributed by atoms with Crippen molar-refractivity contribution in [1.82, 2.24) is 0 Å². The van der Waals surface area contributed by atoms with Crippen LogP contribution in [0.2, 0.25) is 0 Å². The summed E-state index contributed by atoms with van der Waals surface area (Å²) in [4.78, 5) is 11.9. The van der Waals surface area contributed by atoms with Crippen LogP contribution in [-0.4, -0.2) is 18.9 Å². The summed E-state index contributed by atoms with van der Waals surface area (Å²) >= 11 is 0. The zero-order valence-corrected chi connectivity index (χ0v) is 9.63. The number of carbonyl (C=O) groups excluding carboxylic acids is 1. The van der Waals surface area contributed by atoms with Crippen LogP contribution >= 0.6 is 0 Å². The molecule has 4 rings (SSSR count). The lowest BCUT2D eigenvalue weighted by atomic mass is 9.48. The first-order chi connectivity index (χ1) is 8.23. The molecule has 3 heteroatoms. The van der Waals surface area contributed by atoms with Gasteiger partial charge >= 0.3 is 5.97 Å². The molecular weight excluding hydrogens is 216 g/mol. The monoisotopic (exact) mass is 230 g/mol. The van der Waals surface area contributed by atoms with E-state index in [0.717, 1.165) is 0 Å². The van der Waals surface area contributed by atoms with Crippen LogP contribution in [0.15, 0.2) is 30.3 Å². The van der Waals surface area contributed by atoms with E-state index in [2.05, 4.69) is 19.1 Å². The van der Waals surface area contributed by atoms with Crippen molar-refractivity contribution in [2.45, 2.75) is 19.1 Å². The average molecular weight is 230 g/mol. The Labute approximate surface area is 99.7 Å². The number of carbonyl (C=O) groups is 1. The SMILES string of the molecule is C[C@]12C3C(=O)O[C@H]1OC[C@H]2[C@@H]3c1ccccc1. The number of hydrogen-bond acceptors (Lipinski definition) is 3. The summed E-state index contributed by atoms with van der Waals surface area (Å²) in [5, 5.41) is 0. The first kappa shape index (κ1) is 9.66. The second kappa shape index (κ2) is 2.91. The maximum absolute atomic E-state index is 11.9. The smallest absolute Gasteiger partial charge is 0.312 e. The van der Waals surface area contributed by atoms with Crippen LogP contribution in [-0.2, 0) is 14.3 Å². The number of hydrogen-bond donors (Lipinski definition) is 0. The molecule has 17 heavy (non-hydrogen) atoms. The normalized spacial score (nSPS) is 46.3. The second-order valence-electron chi connectivity index (χ2n) is 5.49. The predicted octanol–water partition coefficient (Wildman–Crippen LogP) is 1.94. The molecule has 2 heterocycles. The molecule has 0 spiro atoms. The lowest BCUT2D eigenvalue weighted by Crippen LogP contribution is -2.53. The highest BCUT2D eigenvalue weighted by molar-refractivity contribution is 5.80. The van der Waals surface area contributed by atoms with Crippen LogP contribution in [0.3, 0.4) is 0 Å². The van der Waals surface area contributed by atoms with Crippen molar-refractivity contribution in [2.24, 2.45) is 17.3 Å². The summed E-state index contributed by atoms with van der Waals surface area (Å²) in [6, 6.07) is 10.3. The molecule has 2 aliphatic heterocycles. The Morgan fingerprint density at radius 1 is 1.29 bits per heavy atom. The van der Waals surface area contributed by atoms with Gasteiger partial charge in [0.25, 0.3) is 0 Å². The molecule has 0 radical (unpaired) electrons. The number of benzene rings is 1. The largest absolute Gasteiger partial charge is 0.435 e. The maximum Gasteiger partial charge on any atom is 0.312 e. The average Bonchev–Trinajstić information content (AvgIpc) is 2.66. The fourth-order valence-electron chi connectivity index (χ4n) is 3.93. The Hall–Kier alpha value is -1.35. The number of esters is 1. The van der Waals surface area contributed by atoms with Gasteiger partial charge < -0.3 is 9.47 Å². The predicted molar refractivity (Wildman–Crippen MR) is 60.1 cm³/mol. The third-order valence-electron chi connectivity index (χ3n) is 4.86. The van der Waals surface area contributed by atoms with E-state index in [1.807, 2.05) is 18.2 Å². The molecule has 1 aromatic carbocycles. The Kier molecular flexibility index (Phi) is 1.65. The molecule has 0 amide bonds. The minimum Gasteiger partial charge on any atom is -0.435 e. The van der Waals surface area contributed by atoms with Crippen molar-refractivity contribution >= 4 is 5.97 Å². The summed E-state index contributed by atoms with van der Waals surface area (Å²) in [7, 11) is 0. The Balaban J connectivity index is 1.78. The van der Waals surface area contributed by atoms with Gasteiger partial charge in [0.05, 0.1) is 12.5 Å². The first-order valence-corrected chi connectivity index (χ1v) is 6.10. The number of ether oxygens (including phenoxy) is 2. The van der Waals surface area contributed by atoms with Gasteiger partial charge in [-0.1, -0.05) is 37.3 Å². The molecule has 5 atom stereocenters.